The quantitative estimate of drug-likeness (QED) is 0.781. The molecule has 1 fully saturated rings. The fraction of sp³-hybridized carbons (Fsp3) is 0.571. The molecule has 0 radical (unpaired) electrons. The zero-order chi connectivity index (χ0) is 12.9. The molecule has 3 nitrogen and oxygen atoms in total. The summed E-state index contributed by atoms with van der Waals surface area (Å²) in [6.07, 6.45) is 1.00. The molecule has 0 N–H and O–H groups in total. The molecule has 0 aliphatic carbocycles. The van der Waals surface area contributed by atoms with Gasteiger partial charge in [0, 0.05) is 17.5 Å². The summed E-state index contributed by atoms with van der Waals surface area (Å²) in [6, 6.07) is 2.05. The first-order chi connectivity index (χ1) is 8.52. The van der Waals surface area contributed by atoms with E-state index in [-0.39, 0.29) is 0 Å². The Morgan fingerprint density at radius 3 is 2.72 bits per heavy atom. The average Bonchev–Trinajstić information content (AvgIpc) is 2.75. The monoisotopic (exact) mass is 312 g/mol. The van der Waals surface area contributed by atoms with Gasteiger partial charge in [-0.2, -0.15) is 0 Å². The Kier molecular flexibility index (Phi) is 2.83. The molecule has 2 aliphatic rings. The van der Waals surface area contributed by atoms with Gasteiger partial charge in [-0.25, -0.2) is 0 Å². The second-order valence-electron chi connectivity index (χ2n) is 5.88. The zero-order valence-electron chi connectivity index (χ0n) is 11.1. The van der Waals surface area contributed by atoms with E-state index in [2.05, 4.69) is 36.1 Å². The SMILES string of the molecule is COc1cc(Br)c2c(c1C1C[N+](C)(C)C1)CCO2. The molecule has 0 spiro atoms. The molecule has 0 bridgehead atoms. The van der Waals surface area contributed by atoms with Crippen molar-refractivity contribution in [1.29, 1.82) is 0 Å². The molecule has 2 aliphatic heterocycles. The molecular weight excluding hydrogens is 294 g/mol. The number of methoxy groups -OCH3 is 1. The van der Waals surface area contributed by atoms with Crippen LogP contribution >= 0.6 is 15.9 Å². The number of nitrogens with zero attached hydrogens (tertiary/aromatic N) is 1. The lowest BCUT2D eigenvalue weighted by Gasteiger charge is -2.45. The predicted molar refractivity (Wildman–Crippen MR) is 74.5 cm³/mol. The van der Waals surface area contributed by atoms with Crippen molar-refractivity contribution in [3.8, 4) is 11.5 Å². The summed E-state index contributed by atoms with van der Waals surface area (Å²) >= 11 is 3.58. The van der Waals surface area contributed by atoms with Crippen LogP contribution in [0.1, 0.15) is 17.0 Å². The number of halogens is 1. The minimum atomic E-state index is 0.610. The Balaban J connectivity index is 2.05. The Hall–Kier alpha value is -0.740. The summed E-state index contributed by atoms with van der Waals surface area (Å²) < 4.78 is 13.4. The average molecular weight is 313 g/mol. The minimum absolute atomic E-state index is 0.610. The highest BCUT2D eigenvalue weighted by Gasteiger charge is 2.42. The highest BCUT2D eigenvalue weighted by molar-refractivity contribution is 9.10. The van der Waals surface area contributed by atoms with Crippen molar-refractivity contribution in [1.82, 2.24) is 0 Å². The van der Waals surface area contributed by atoms with Crippen molar-refractivity contribution >= 4 is 15.9 Å². The molecule has 0 amide bonds. The molecule has 0 atom stereocenters. The Morgan fingerprint density at radius 2 is 2.11 bits per heavy atom. The number of likely N-dealkylation sites (N-methyl/N-ethyl adjacent to an activating group) is 1. The maximum atomic E-state index is 5.73. The summed E-state index contributed by atoms with van der Waals surface area (Å²) in [5, 5.41) is 0. The summed E-state index contributed by atoms with van der Waals surface area (Å²) in [6.45, 7) is 3.16. The summed E-state index contributed by atoms with van der Waals surface area (Å²) in [5.41, 5.74) is 2.73. The van der Waals surface area contributed by atoms with Gasteiger partial charge in [0.15, 0.2) is 0 Å². The Labute approximate surface area is 116 Å². The van der Waals surface area contributed by atoms with E-state index in [1.54, 1.807) is 7.11 Å². The molecule has 0 unspecified atom stereocenters. The van der Waals surface area contributed by atoms with Gasteiger partial charge in [-0.15, -0.1) is 0 Å². The van der Waals surface area contributed by atoms with Crippen LogP contribution in [-0.4, -0.2) is 45.4 Å². The van der Waals surface area contributed by atoms with Gasteiger partial charge in [-0.3, -0.25) is 0 Å². The minimum Gasteiger partial charge on any atom is -0.496 e. The van der Waals surface area contributed by atoms with Crippen LogP contribution < -0.4 is 9.47 Å². The first-order valence-corrected chi connectivity index (χ1v) is 7.15. The van der Waals surface area contributed by atoms with Crippen molar-refractivity contribution in [2.45, 2.75) is 12.3 Å². The van der Waals surface area contributed by atoms with Crippen LogP contribution in [0, 0.1) is 0 Å². The van der Waals surface area contributed by atoms with Gasteiger partial charge >= 0.3 is 0 Å². The number of fused-ring (bicyclic) bond motifs is 1. The second-order valence-corrected chi connectivity index (χ2v) is 6.73. The van der Waals surface area contributed by atoms with E-state index in [1.165, 1.54) is 24.2 Å². The van der Waals surface area contributed by atoms with Crippen LogP contribution in [0.5, 0.6) is 11.5 Å². The standard InChI is InChI=1S/C14H19BrNO2/c1-16(2)7-9(8-16)13-10-4-5-18-14(10)11(15)6-12(13)17-3/h6,9H,4-5,7-8H2,1-3H3/q+1. The van der Waals surface area contributed by atoms with Gasteiger partial charge < -0.3 is 14.0 Å². The fourth-order valence-corrected chi connectivity index (χ4v) is 3.83. The predicted octanol–water partition coefficient (Wildman–Crippen LogP) is 2.57. The third kappa shape index (κ3) is 1.82. The van der Waals surface area contributed by atoms with Crippen LogP contribution in [0.3, 0.4) is 0 Å². The van der Waals surface area contributed by atoms with Crippen LogP contribution in [0.4, 0.5) is 0 Å². The number of quaternary nitrogens is 1. The summed E-state index contributed by atoms with van der Waals surface area (Å²) in [7, 11) is 6.31. The van der Waals surface area contributed by atoms with Gasteiger partial charge in [-0.1, -0.05) is 0 Å². The highest BCUT2D eigenvalue weighted by Crippen LogP contribution is 2.46. The Bertz CT molecular complexity index is 491. The van der Waals surface area contributed by atoms with E-state index in [4.69, 9.17) is 9.47 Å². The third-order valence-electron chi connectivity index (χ3n) is 4.00. The largest absolute Gasteiger partial charge is 0.496 e. The Morgan fingerprint density at radius 1 is 1.39 bits per heavy atom. The molecule has 1 aromatic rings. The van der Waals surface area contributed by atoms with Gasteiger partial charge in [0.05, 0.1) is 51.3 Å². The van der Waals surface area contributed by atoms with Gasteiger partial charge in [0.1, 0.15) is 11.5 Å². The molecule has 4 heteroatoms. The smallest absolute Gasteiger partial charge is 0.137 e. The third-order valence-corrected chi connectivity index (χ3v) is 4.58. The van der Waals surface area contributed by atoms with Crippen LogP contribution in [-0.2, 0) is 6.42 Å². The van der Waals surface area contributed by atoms with Crippen molar-refractivity contribution in [3.63, 3.8) is 0 Å². The van der Waals surface area contributed by atoms with Crippen molar-refractivity contribution in [2.24, 2.45) is 0 Å². The topological polar surface area (TPSA) is 18.5 Å². The van der Waals surface area contributed by atoms with Gasteiger partial charge in [-0.05, 0) is 22.0 Å². The first-order valence-electron chi connectivity index (χ1n) is 6.36. The molecule has 98 valence electrons. The lowest BCUT2D eigenvalue weighted by Crippen LogP contribution is -2.56. The first kappa shape index (κ1) is 12.3. The molecule has 0 saturated carbocycles. The van der Waals surface area contributed by atoms with E-state index in [0.29, 0.717) is 5.92 Å². The van der Waals surface area contributed by atoms with Crippen molar-refractivity contribution in [3.05, 3.63) is 21.7 Å². The molecule has 18 heavy (non-hydrogen) atoms. The molecule has 3 rings (SSSR count). The second kappa shape index (κ2) is 4.14. The number of rotatable bonds is 2. The molecule has 1 saturated heterocycles. The lowest BCUT2D eigenvalue weighted by molar-refractivity contribution is -0.932. The van der Waals surface area contributed by atoms with E-state index in [9.17, 15) is 0 Å². The maximum absolute atomic E-state index is 5.73. The number of ether oxygens (including phenoxy) is 2. The lowest BCUT2D eigenvalue weighted by atomic mass is 9.85. The number of likely N-dealkylation sites (tertiary alicyclic amines) is 1. The van der Waals surface area contributed by atoms with E-state index < -0.39 is 0 Å². The van der Waals surface area contributed by atoms with Crippen LogP contribution in [0.25, 0.3) is 0 Å². The maximum Gasteiger partial charge on any atom is 0.137 e. The van der Waals surface area contributed by atoms with Gasteiger partial charge in [0.2, 0.25) is 0 Å². The fourth-order valence-electron chi connectivity index (χ4n) is 3.27. The van der Waals surface area contributed by atoms with Crippen LogP contribution in [0.2, 0.25) is 0 Å². The summed E-state index contributed by atoms with van der Waals surface area (Å²) in [5.74, 6) is 2.65. The van der Waals surface area contributed by atoms with E-state index in [0.717, 1.165) is 33.5 Å². The zero-order valence-corrected chi connectivity index (χ0v) is 12.7. The number of benzene rings is 1. The number of hydrogen-bond donors (Lipinski definition) is 0. The van der Waals surface area contributed by atoms with Crippen LogP contribution in [0.15, 0.2) is 10.5 Å². The summed E-state index contributed by atoms with van der Waals surface area (Å²) in [4.78, 5) is 0. The highest BCUT2D eigenvalue weighted by atomic mass is 79.9. The molecular formula is C14H19BrNO2+. The van der Waals surface area contributed by atoms with E-state index in [1.807, 2.05) is 0 Å². The normalized spacial score (nSPS) is 21.1. The number of hydrogen-bond acceptors (Lipinski definition) is 2. The van der Waals surface area contributed by atoms with Crippen molar-refractivity contribution < 1.29 is 14.0 Å². The van der Waals surface area contributed by atoms with E-state index >= 15 is 0 Å². The van der Waals surface area contributed by atoms with Crippen molar-refractivity contribution in [2.75, 3.05) is 40.9 Å². The van der Waals surface area contributed by atoms with Gasteiger partial charge in [0.25, 0.3) is 0 Å². The molecule has 1 aromatic carbocycles. The molecule has 2 heterocycles. The molecule has 0 aromatic heterocycles.